The molecule has 0 fully saturated rings. The SMILES string of the molecule is CCCCCCCCCCCCCCOP(=O)(NCC[N+](C)(C)O)OCCCn1cc(COc2ccc3c(=O)cc4oc5cc(N(CC)CC)ccc5nc-4c3c2)nn1. The number of likely N-dealkylation sites (N-methyl/N-ethyl adjacent to an activating group) is 1. The summed E-state index contributed by atoms with van der Waals surface area (Å²) < 4.78 is 39.0. The Labute approximate surface area is 349 Å². The Morgan fingerprint density at radius 2 is 1.53 bits per heavy atom. The lowest BCUT2D eigenvalue weighted by molar-refractivity contribution is -1.07. The van der Waals surface area contributed by atoms with Gasteiger partial charge in [-0.2, -0.15) is 4.65 Å². The molecular weight excluding hydrogens is 769 g/mol. The quantitative estimate of drug-likeness (QED) is 0.0118. The first-order valence-corrected chi connectivity index (χ1v) is 23.3. The molecule has 0 radical (unpaired) electrons. The minimum Gasteiger partial charge on any atom is -0.487 e. The van der Waals surface area contributed by atoms with Crippen molar-refractivity contribution in [3.63, 3.8) is 0 Å². The van der Waals surface area contributed by atoms with Crippen molar-refractivity contribution in [1.29, 1.82) is 0 Å². The van der Waals surface area contributed by atoms with Gasteiger partial charge < -0.3 is 14.1 Å². The first kappa shape index (κ1) is 46.2. The lowest BCUT2D eigenvalue weighted by Gasteiger charge is -2.23. The molecule has 5 rings (SSSR count). The lowest BCUT2D eigenvalue weighted by Crippen LogP contribution is -2.40. The molecule has 1 aliphatic heterocycles. The summed E-state index contributed by atoms with van der Waals surface area (Å²) >= 11 is 0. The fraction of sp³-hybridized carbons (Fsp3) is 0.591. The number of quaternary nitrogens is 1. The number of unbranched alkanes of at least 4 members (excludes halogenated alkanes) is 11. The molecule has 3 aromatic rings. The number of ether oxygens (including phenoxy) is 1. The monoisotopic (exact) mass is 836 g/mol. The van der Waals surface area contributed by atoms with Crippen molar-refractivity contribution in [1.82, 2.24) is 25.1 Å². The van der Waals surface area contributed by atoms with Crippen LogP contribution in [0.15, 0.2) is 57.9 Å². The van der Waals surface area contributed by atoms with Crippen molar-refractivity contribution in [2.24, 2.45) is 0 Å². The van der Waals surface area contributed by atoms with Crippen LogP contribution in [-0.4, -0.2) is 83.3 Å². The molecule has 2 N–H and O–H groups in total. The van der Waals surface area contributed by atoms with E-state index in [0.717, 1.165) is 38.0 Å². The highest BCUT2D eigenvalue weighted by atomic mass is 31.2. The van der Waals surface area contributed by atoms with Crippen LogP contribution in [0.4, 0.5) is 5.69 Å². The van der Waals surface area contributed by atoms with Gasteiger partial charge in [0.1, 0.15) is 35.8 Å². The molecule has 1 aliphatic carbocycles. The van der Waals surface area contributed by atoms with E-state index >= 15 is 0 Å². The van der Waals surface area contributed by atoms with Crippen LogP contribution in [-0.2, 0) is 26.8 Å². The van der Waals surface area contributed by atoms with Gasteiger partial charge in [-0.3, -0.25) is 18.5 Å². The topological polar surface area (TPSA) is 154 Å². The van der Waals surface area contributed by atoms with Crippen LogP contribution in [0.2, 0.25) is 0 Å². The molecule has 324 valence electrons. The molecule has 1 aromatic heterocycles. The molecule has 0 saturated heterocycles. The number of benzene rings is 3. The van der Waals surface area contributed by atoms with Crippen molar-refractivity contribution >= 4 is 35.3 Å². The molecule has 1 atom stereocenters. The van der Waals surface area contributed by atoms with Crippen molar-refractivity contribution in [3.05, 3.63) is 64.6 Å². The summed E-state index contributed by atoms with van der Waals surface area (Å²) in [5.41, 5.74) is 3.43. The molecule has 59 heavy (non-hydrogen) atoms. The van der Waals surface area contributed by atoms with Gasteiger partial charge in [0.2, 0.25) is 0 Å². The number of fused-ring (bicyclic) bond motifs is 4. The summed E-state index contributed by atoms with van der Waals surface area (Å²) in [5.74, 6) is 0.976. The number of hydrogen-bond acceptors (Lipinski definition) is 11. The van der Waals surface area contributed by atoms with Gasteiger partial charge in [-0.1, -0.05) is 82.8 Å². The second-order valence-electron chi connectivity index (χ2n) is 15.9. The van der Waals surface area contributed by atoms with Crippen LogP contribution in [0.25, 0.3) is 33.3 Å². The van der Waals surface area contributed by atoms with E-state index in [0.29, 0.717) is 70.9 Å². The summed E-state index contributed by atoms with van der Waals surface area (Å²) in [4.78, 5) is 20.2. The van der Waals surface area contributed by atoms with E-state index in [2.05, 4.69) is 41.1 Å². The Morgan fingerprint density at radius 3 is 2.20 bits per heavy atom. The molecule has 2 heterocycles. The Kier molecular flexibility index (Phi) is 18.1. The van der Waals surface area contributed by atoms with Gasteiger partial charge in [0.25, 0.3) is 0 Å². The van der Waals surface area contributed by atoms with Gasteiger partial charge in [0.15, 0.2) is 16.8 Å². The summed E-state index contributed by atoms with van der Waals surface area (Å²) in [6, 6.07) is 12.8. The van der Waals surface area contributed by atoms with Crippen molar-refractivity contribution in [2.75, 3.05) is 58.4 Å². The standard InChI is InChI=1S/C44H67N7O7P/c1-6-9-10-11-12-13-14-15-16-17-18-19-28-56-59(54,45-25-27-51(4,5)53)57-29-20-26-50-33-35(47-48-50)34-55-37-22-23-38-39(31-37)44-43(32-41(38)52)58-42-30-36(49(7-2)8-3)21-24-40(42)46-44/h21-24,30-33,53H,6-20,25-29,34H2,1-5H3,(H,45,54)/q+1. The van der Waals surface area contributed by atoms with E-state index in [1.165, 1.54) is 63.9 Å². The third-order valence-electron chi connectivity index (χ3n) is 10.5. The van der Waals surface area contributed by atoms with Crippen molar-refractivity contribution < 1.29 is 32.6 Å². The van der Waals surface area contributed by atoms with Crippen LogP contribution in [0.3, 0.4) is 0 Å². The first-order valence-electron chi connectivity index (χ1n) is 21.8. The number of hydrogen-bond donors (Lipinski definition) is 2. The number of rotatable bonds is 29. The van der Waals surface area contributed by atoms with Gasteiger partial charge in [-0.25, -0.2) is 19.8 Å². The fourth-order valence-corrected chi connectivity index (χ4v) is 8.49. The number of aromatic nitrogens is 4. The van der Waals surface area contributed by atoms with Crippen molar-refractivity contribution in [3.8, 4) is 17.2 Å². The molecule has 15 heteroatoms. The summed E-state index contributed by atoms with van der Waals surface area (Å²) in [5, 5.41) is 22.7. The number of nitrogens with one attached hydrogen (secondary N) is 1. The number of hydroxylamine groups is 3. The summed E-state index contributed by atoms with van der Waals surface area (Å²) in [6.45, 7) is 10.0. The van der Waals surface area contributed by atoms with E-state index in [-0.39, 0.29) is 29.8 Å². The average molecular weight is 837 g/mol. The molecule has 1 unspecified atom stereocenters. The smallest absolute Gasteiger partial charge is 0.405 e. The Balaban J connectivity index is 1.09. The molecular formula is C44H67N7O7P+. The van der Waals surface area contributed by atoms with Crippen LogP contribution in [0.1, 0.15) is 110 Å². The van der Waals surface area contributed by atoms with E-state index in [1.54, 1.807) is 37.1 Å². The second-order valence-corrected chi connectivity index (χ2v) is 17.7. The minimum atomic E-state index is -3.57. The average Bonchev–Trinajstić information content (AvgIpc) is 3.67. The van der Waals surface area contributed by atoms with Gasteiger partial charge in [0, 0.05) is 48.2 Å². The Hall–Kier alpha value is -3.91. The summed E-state index contributed by atoms with van der Waals surface area (Å²) in [6.07, 6.45) is 17.1. The zero-order valence-corrected chi connectivity index (χ0v) is 36.9. The molecule has 2 aromatic carbocycles. The van der Waals surface area contributed by atoms with Gasteiger partial charge in [-0.15, -0.1) is 5.10 Å². The largest absolute Gasteiger partial charge is 0.487 e. The van der Waals surface area contributed by atoms with E-state index < -0.39 is 7.75 Å². The number of nitrogens with zero attached hydrogens (tertiary/aromatic N) is 6. The zero-order valence-electron chi connectivity index (χ0n) is 36.0. The highest BCUT2D eigenvalue weighted by Gasteiger charge is 2.26. The van der Waals surface area contributed by atoms with E-state index in [1.807, 2.05) is 24.3 Å². The van der Waals surface area contributed by atoms with Gasteiger partial charge in [-0.05, 0) is 57.0 Å². The molecule has 0 amide bonds. The van der Waals surface area contributed by atoms with E-state index in [9.17, 15) is 14.6 Å². The summed E-state index contributed by atoms with van der Waals surface area (Å²) in [7, 11) is -0.263. The maximum Gasteiger partial charge on any atom is 0.405 e. The van der Waals surface area contributed by atoms with Crippen molar-refractivity contribution in [2.45, 2.75) is 117 Å². The predicted octanol–water partition coefficient (Wildman–Crippen LogP) is 9.75. The minimum absolute atomic E-state index is 0.151. The lowest BCUT2D eigenvalue weighted by atomic mass is 10.0. The van der Waals surface area contributed by atoms with Crippen LogP contribution in [0, 0.1) is 0 Å². The molecule has 0 spiro atoms. The molecule has 14 nitrogen and oxygen atoms in total. The Bertz CT molecular complexity index is 2100. The van der Waals surface area contributed by atoms with Crippen LogP contribution < -0.4 is 20.2 Å². The first-order chi connectivity index (χ1) is 28.5. The van der Waals surface area contributed by atoms with Crippen LogP contribution in [0.5, 0.6) is 5.75 Å². The van der Waals surface area contributed by atoms with Gasteiger partial charge >= 0.3 is 7.75 Å². The fourth-order valence-electron chi connectivity index (χ4n) is 7.12. The normalized spacial score (nSPS) is 13.1. The molecule has 0 bridgehead atoms. The highest BCUT2D eigenvalue weighted by Crippen LogP contribution is 2.44. The van der Waals surface area contributed by atoms with Crippen LogP contribution >= 0.6 is 7.75 Å². The maximum atomic E-state index is 13.6. The molecule has 0 saturated carbocycles. The maximum absolute atomic E-state index is 13.6. The second kappa shape index (κ2) is 23.2. The number of aryl methyl sites for hydroxylation is 1. The number of anilines is 1. The zero-order chi connectivity index (χ0) is 42.1. The van der Waals surface area contributed by atoms with E-state index in [4.69, 9.17) is 23.2 Å². The third-order valence-corrected chi connectivity index (χ3v) is 12.2. The molecule has 2 aliphatic rings. The Morgan fingerprint density at radius 1 is 0.847 bits per heavy atom. The van der Waals surface area contributed by atoms with Gasteiger partial charge in [0.05, 0.1) is 40.1 Å². The third kappa shape index (κ3) is 14.7. The highest BCUT2D eigenvalue weighted by molar-refractivity contribution is 7.51. The predicted molar refractivity (Wildman–Crippen MR) is 234 cm³/mol.